The maximum atomic E-state index is 12.4. The molecule has 7 heteroatoms. The zero-order valence-corrected chi connectivity index (χ0v) is 14.0. The Hall–Kier alpha value is -2.25. The lowest BCUT2D eigenvalue weighted by Crippen LogP contribution is -2.11. The van der Waals surface area contributed by atoms with Crippen molar-refractivity contribution in [3.8, 4) is 0 Å². The highest BCUT2D eigenvalue weighted by molar-refractivity contribution is 7.17. The van der Waals surface area contributed by atoms with Crippen molar-refractivity contribution in [1.29, 1.82) is 0 Å². The Labute approximate surface area is 140 Å². The standard InChI is InChI=1S/C16H14N2O3S2/c1-2-21-14(19)7-10-8-23-16(17-10)18-15(20)12-9-22-13-6-4-3-5-11(12)13/h3-6,8-9H,2,7H2,1H3,(H,17,18,20). The molecule has 0 radical (unpaired) electrons. The molecule has 0 spiro atoms. The van der Waals surface area contributed by atoms with Crippen LogP contribution in [-0.4, -0.2) is 23.5 Å². The van der Waals surface area contributed by atoms with Crippen LogP contribution in [0.25, 0.3) is 10.1 Å². The molecule has 0 unspecified atom stereocenters. The topological polar surface area (TPSA) is 68.3 Å². The van der Waals surface area contributed by atoms with Crippen LogP contribution < -0.4 is 5.32 Å². The number of nitrogens with zero attached hydrogens (tertiary/aromatic N) is 1. The van der Waals surface area contributed by atoms with Crippen LogP contribution in [0.5, 0.6) is 0 Å². The van der Waals surface area contributed by atoms with Gasteiger partial charge in [0.05, 0.1) is 24.3 Å². The van der Waals surface area contributed by atoms with E-state index in [1.165, 1.54) is 22.7 Å². The SMILES string of the molecule is CCOC(=O)Cc1csc(NC(=O)c2csc3ccccc23)n1. The van der Waals surface area contributed by atoms with Gasteiger partial charge in [-0.15, -0.1) is 22.7 Å². The van der Waals surface area contributed by atoms with Crippen molar-refractivity contribution in [3.05, 3.63) is 46.3 Å². The first-order valence-corrected chi connectivity index (χ1v) is 8.81. The Morgan fingerprint density at radius 2 is 2.04 bits per heavy atom. The molecular weight excluding hydrogens is 332 g/mol. The molecule has 5 nitrogen and oxygen atoms in total. The fourth-order valence-corrected chi connectivity index (χ4v) is 3.77. The number of anilines is 1. The number of thiophene rings is 1. The van der Waals surface area contributed by atoms with Gasteiger partial charge in [0.15, 0.2) is 5.13 Å². The molecule has 23 heavy (non-hydrogen) atoms. The zero-order valence-electron chi connectivity index (χ0n) is 12.4. The Morgan fingerprint density at radius 3 is 2.87 bits per heavy atom. The van der Waals surface area contributed by atoms with Crippen molar-refractivity contribution < 1.29 is 14.3 Å². The number of carbonyl (C=O) groups excluding carboxylic acids is 2. The summed E-state index contributed by atoms with van der Waals surface area (Å²) in [6.45, 7) is 2.10. The number of benzene rings is 1. The molecule has 0 aliphatic rings. The smallest absolute Gasteiger partial charge is 0.311 e. The van der Waals surface area contributed by atoms with Crippen LogP contribution in [0, 0.1) is 0 Å². The molecule has 3 rings (SSSR count). The van der Waals surface area contributed by atoms with Gasteiger partial charge in [0.25, 0.3) is 5.91 Å². The summed E-state index contributed by atoms with van der Waals surface area (Å²) in [5, 5.41) is 7.78. The predicted octanol–water partition coefficient (Wildman–Crippen LogP) is 3.72. The number of rotatable bonds is 5. The van der Waals surface area contributed by atoms with Crippen molar-refractivity contribution in [3.63, 3.8) is 0 Å². The first-order chi connectivity index (χ1) is 11.2. The first-order valence-electron chi connectivity index (χ1n) is 7.05. The highest BCUT2D eigenvalue weighted by Crippen LogP contribution is 2.26. The van der Waals surface area contributed by atoms with Gasteiger partial charge in [0.2, 0.25) is 0 Å². The number of aromatic nitrogens is 1. The number of hydrogen-bond acceptors (Lipinski definition) is 6. The van der Waals surface area contributed by atoms with Crippen LogP contribution in [0.1, 0.15) is 23.0 Å². The summed E-state index contributed by atoms with van der Waals surface area (Å²) in [6.07, 6.45) is 0.113. The molecule has 2 heterocycles. The van der Waals surface area contributed by atoms with Gasteiger partial charge in [0, 0.05) is 20.8 Å². The van der Waals surface area contributed by atoms with Crippen LogP contribution in [0.4, 0.5) is 5.13 Å². The van der Waals surface area contributed by atoms with Gasteiger partial charge < -0.3 is 4.74 Å². The van der Waals surface area contributed by atoms with Gasteiger partial charge in [-0.05, 0) is 13.0 Å². The molecule has 0 bridgehead atoms. The molecule has 0 aliphatic carbocycles. The van der Waals surface area contributed by atoms with Gasteiger partial charge in [-0.1, -0.05) is 18.2 Å². The van der Waals surface area contributed by atoms with E-state index >= 15 is 0 Å². The van der Waals surface area contributed by atoms with Gasteiger partial charge in [-0.3, -0.25) is 14.9 Å². The van der Waals surface area contributed by atoms with Crippen LogP contribution >= 0.6 is 22.7 Å². The summed E-state index contributed by atoms with van der Waals surface area (Å²) in [4.78, 5) is 28.1. The summed E-state index contributed by atoms with van der Waals surface area (Å²) < 4.78 is 5.95. The summed E-state index contributed by atoms with van der Waals surface area (Å²) >= 11 is 2.83. The largest absolute Gasteiger partial charge is 0.466 e. The summed E-state index contributed by atoms with van der Waals surface area (Å²) in [6, 6.07) is 7.77. The molecule has 1 N–H and O–H groups in total. The van der Waals surface area contributed by atoms with E-state index in [4.69, 9.17) is 4.74 Å². The Bertz CT molecular complexity index is 854. The molecular formula is C16H14N2O3S2. The summed E-state index contributed by atoms with van der Waals surface area (Å²) in [5.74, 6) is -0.515. The fourth-order valence-electron chi connectivity index (χ4n) is 2.12. The maximum Gasteiger partial charge on any atom is 0.311 e. The number of nitrogens with one attached hydrogen (secondary N) is 1. The third-order valence-corrected chi connectivity index (χ3v) is 4.90. The van der Waals surface area contributed by atoms with E-state index in [2.05, 4.69) is 10.3 Å². The molecule has 0 saturated carbocycles. The van der Waals surface area contributed by atoms with E-state index in [0.717, 1.165) is 10.1 Å². The van der Waals surface area contributed by atoms with Crippen molar-refractivity contribution in [2.24, 2.45) is 0 Å². The molecule has 0 fully saturated rings. The van der Waals surface area contributed by atoms with Gasteiger partial charge in [0.1, 0.15) is 0 Å². The Balaban J connectivity index is 1.71. The number of carbonyl (C=O) groups is 2. The number of esters is 1. The second-order valence-corrected chi connectivity index (χ2v) is 6.49. The summed E-state index contributed by atoms with van der Waals surface area (Å²) in [5.41, 5.74) is 1.23. The molecule has 0 saturated heterocycles. The highest BCUT2D eigenvalue weighted by atomic mass is 32.1. The quantitative estimate of drug-likeness (QED) is 0.715. The fraction of sp³-hybridized carbons (Fsp3) is 0.188. The average molecular weight is 346 g/mol. The molecule has 3 aromatic rings. The van der Waals surface area contributed by atoms with Gasteiger partial charge in [-0.25, -0.2) is 4.98 Å². The zero-order chi connectivity index (χ0) is 16.2. The van der Waals surface area contributed by atoms with Gasteiger partial charge in [-0.2, -0.15) is 0 Å². The third kappa shape index (κ3) is 3.57. The highest BCUT2D eigenvalue weighted by Gasteiger charge is 2.14. The minimum atomic E-state index is -0.320. The minimum absolute atomic E-state index is 0.113. The lowest BCUT2D eigenvalue weighted by atomic mass is 10.2. The summed E-state index contributed by atoms with van der Waals surface area (Å²) in [7, 11) is 0. The lowest BCUT2D eigenvalue weighted by molar-refractivity contribution is -0.142. The molecule has 1 aromatic carbocycles. The van der Waals surface area contributed by atoms with Gasteiger partial charge >= 0.3 is 5.97 Å². The molecule has 2 aromatic heterocycles. The van der Waals surface area contributed by atoms with Crippen molar-refractivity contribution in [2.75, 3.05) is 11.9 Å². The molecule has 118 valence electrons. The normalized spacial score (nSPS) is 10.7. The van der Waals surface area contributed by atoms with Crippen LogP contribution in [-0.2, 0) is 16.0 Å². The number of thiazole rings is 1. The molecule has 1 amide bonds. The first kappa shape index (κ1) is 15.6. The maximum absolute atomic E-state index is 12.4. The van der Waals surface area contributed by atoms with E-state index in [9.17, 15) is 9.59 Å². The average Bonchev–Trinajstić information content (AvgIpc) is 3.14. The van der Waals surface area contributed by atoms with Crippen molar-refractivity contribution in [1.82, 2.24) is 4.98 Å². The minimum Gasteiger partial charge on any atom is -0.466 e. The predicted molar refractivity (Wildman–Crippen MR) is 92.2 cm³/mol. The number of amides is 1. The monoisotopic (exact) mass is 346 g/mol. The van der Waals surface area contributed by atoms with Crippen LogP contribution in [0.2, 0.25) is 0 Å². The van der Waals surface area contributed by atoms with E-state index in [1.807, 2.05) is 29.6 Å². The second-order valence-electron chi connectivity index (χ2n) is 4.73. The number of ether oxygens (including phenoxy) is 1. The molecule has 0 atom stereocenters. The second kappa shape index (κ2) is 6.89. The number of fused-ring (bicyclic) bond motifs is 1. The van der Waals surface area contributed by atoms with E-state index < -0.39 is 0 Å². The van der Waals surface area contributed by atoms with E-state index in [-0.39, 0.29) is 18.3 Å². The van der Waals surface area contributed by atoms with Crippen molar-refractivity contribution >= 4 is 49.8 Å². The molecule has 0 aliphatic heterocycles. The van der Waals surface area contributed by atoms with Crippen LogP contribution in [0.15, 0.2) is 35.0 Å². The number of hydrogen-bond donors (Lipinski definition) is 1. The Kier molecular flexibility index (Phi) is 4.68. The van der Waals surface area contributed by atoms with E-state index in [0.29, 0.717) is 23.0 Å². The lowest BCUT2D eigenvalue weighted by Gasteiger charge is -2.00. The van der Waals surface area contributed by atoms with E-state index in [1.54, 1.807) is 12.3 Å². The van der Waals surface area contributed by atoms with Crippen LogP contribution in [0.3, 0.4) is 0 Å². The van der Waals surface area contributed by atoms with Crippen molar-refractivity contribution in [2.45, 2.75) is 13.3 Å². The Morgan fingerprint density at radius 1 is 1.22 bits per heavy atom. The third-order valence-electron chi connectivity index (χ3n) is 3.13.